The Kier molecular flexibility index (Phi) is 5.33. The van der Waals surface area contributed by atoms with E-state index in [1.165, 1.54) is 0 Å². The lowest BCUT2D eigenvalue weighted by molar-refractivity contribution is -0.133. The van der Waals surface area contributed by atoms with Gasteiger partial charge in [0.2, 0.25) is 0 Å². The van der Waals surface area contributed by atoms with Crippen molar-refractivity contribution in [2.24, 2.45) is 0 Å². The maximum absolute atomic E-state index is 12.3. The van der Waals surface area contributed by atoms with Crippen LogP contribution in [0.4, 0.5) is 5.82 Å². The fourth-order valence-corrected chi connectivity index (χ4v) is 2.65. The molecule has 1 aromatic carbocycles. The Hall–Kier alpha value is -2.83. The Morgan fingerprint density at radius 2 is 1.68 bits per heavy atom. The van der Waals surface area contributed by atoms with Gasteiger partial charge in [0.15, 0.2) is 12.4 Å². The third-order valence-corrected chi connectivity index (χ3v) is 4.16. The van der Waals surface area contributed by atoms with E-state index in [1.807, 2.05) is 24.0 Å². The van der Waals surface area contributed by atoms with E-state index in [9.17, 15) is 4.79 Å². The lowest BCUT2D eigenvalue weighted by Crippen LogP contribution is -2.50. The van der Waals surface area contributed by atoms with Crippen LogP contribution in [0, 0.1) is 6.92 Å². The Bertz CT molecular complexity index is 695. The molecule has 3 rings (SSSR count). The van der Waals surface area contributed by atoms with Crippen LogP contribution in [0.15, 0.2) is 36.4 Å². The van der Waals surface area contributed by atoms with Gasteiger partial charge in [0.05, 0.1) is 12.8 Å². The molecule has 1 saturated heterocycles. The van der Waals surface area contributed by atoms with Crippen molar-refractivity contribution in [1.29, 1.82) is 0 Å². The standard InChI is InChI=1S/C18H22N4O3/c1-14-3-8-17(20-19-14)21-9-11-22(12-10-21)18(23)13-25-16-6-4-15(24-2)5-7-16/h3-8H,9-13H2,1-2H3. The first-order valence-corrected chi connectivity index (χ1v) is 8.25. The van der Waals surface area contributed by atoms with Gasteiger partial charge in [0.25, 0.3) is 5.91 Å². The molecule has 0 bridgehead atoms. The average Bonchev–Trinajstić information content (AvgIpc) is 2.67. The molecule has 0 spiro atoms. The highest BCUT2D eigenvalue weighted by molar-refractivity contribution is 5.78. The summed E-state index contributed by atoms with van der Waals surface area (Å²) in [7, 11) is 1.61. The molecule has 0 aliphatic carbocycles. The lowest BCUT2D eigenvalue weighted by Gasteiger charge is -2.35. The number of benzene rings is 1. The van der Waals surface area contributed by atoms with E-state index in [2.05, 4.69) is 15.1 Å². The number of ether oxygens (including phenoxy) is 2. The second-order valence-electron chi connectivity index (χ2n) is 5.86. The molecule has 132 valence electrons. The first-order chi connectivity index (χ1) is 12.2. The monoisotopic (exact) mass is 342 g/mol. The van der Waals surface area contributed by atoms with Crippen LogP contribution >= 0.6 is 0 Å². The first kappa shape index (κ1) is 17.0. The Morgan fingerprint density at radius 1 is 1.00 bits per heavy atom. The summed E-state index contributed by atoms with van der Waals surface area (Å²) >= 11 is 0. The molecule has 1 amide bonds. The maximum atomic E-state index is 12.3. The molecule has 0 saturated carbocycles. The summed E-state index contributed by atoms with van der Waals surface area (Å²) in [5.41, 5.74) is 0.897. The molecule has 1 fully saturated rings. The minimum atomic E-state index is -0.00883. The minimum Gasteiger partial charge on any atom is -0.497 e. The van der Waals surface area contributed by atoms with Gasteiger partial charge in [-0.05, 0) is 43.3 Å². The van der Waals surface area contributed by atoms with E-state index >= 15 is 0 Å². The summed E-state index contributed by atoms with van der Waals surface area (Å²) < 4.78 is 10.7. The van der Waals surface area contributed by atoms with Gasteiger partial charge in [-0.3, -0.25) is 4.79 Å². The number of aromatic nitrogens is 2. The quantitative estimate of drug-likeness (QED) is 0.821. The van der Waals surface area contributed by atoms with Crippen LogP contribution in [0.25, 0.3) is 0 Å². The van der Waals surface area contributed by atoms with Crippen molar-refractivity contribution in [3.05, 3.63) is 42.1 Å². The van der Waals surface area contributed by atoms with Crippen LogP contribution in [-0.4, -0.2) is 60.9 Å². The largest absolute Gasteiger partial charge is 0.497 e. The molecule has 1 aliphatic rings. The summed E-state index contributed by atoms with van der Waals surface area (Å²) in [6.45, 7) is 4.74. The molecule has 0 atom stereocenters. The Labute approximate surface area is 147 Å². The van der Waals surface area contributed by atoms with Crippen molar-refractivity contribution in [3.8, 4) is 11.5 Å². The highest BCUT2D eigenvalue weighted by Crippen LogP contribution is 2.17. The number of carbonyl (C=O) groups is 1. The van der Waals surface area contributed by atoms with Crippen LogP contribution in [0.5, 0.6) is 11.5 Å². The predicted octanol–water partition coefficient (Wildman–Crippen LogP) is 1.52. The minimum absolute atomic E-state index is 0.00883. The number of nitrogens with zero attached hydrogens (tertiary/aromatic N) is 4. The third kappa shape index (κ3) is 4.37. The number of piperazine rings is 1. The highest BCUT2D eigenvalue weighted by atomic mass is 16.5. The van der Waals surface area contributed by atoms with Crippen molar-refractivity contribution in [3.63, 3.8) is 0 Å². The van der Waals surface area contributed by atoms with Crippen LogP contribution in [0.1, 0.15) is 5.69 Å². The average molecular weight is 342 g/mol. The zero-order valence-corrected chi connectivity index (χ0v) is 14.5. The van der Waals surface area contributed by atoms with E-state index in [-0.39, 0.29) is 12.5 Å². The van der Waals surface area contributed by atoms with Crippen LogP contribution < -0.4 is 14.4 Å². The number of hydrogen-bond donors (Lipinski definition) is 0. The van der Waals surface area contributed by atoms with Crippen LogP contribution in [0.2, 0.25) is 0 Å². The zero-order chi connectivity index (χ0) is 17.6. The van der Waals surface area contributed by atoms with E-state index in [0.717, 1.165) is 30.4 Å². The molecule has 1 aromatic heterocycles. The molecule has 0 radical (unpaired) electrons. The van der Waals surface area contributed by atoms with Crippen molar-refractivity contribution in [2.75, 3.05) is 44.8 Å². The lowest BCUT2D eigenvalue weighted by atomic mass is 10.3. The molecule has 7 heteroatoms. The molecular weight excluding hydrogens is 320 g/mol. The summed E-state index contributed by atoms with van der Waals surface area (Å²) in [6, 6.07) is 11.1. The number of methoxy groups -OCH3 is 1. The summed E-state index contributed by atoms with van der Waals surface area (Å²) in [6.07, 6.45) is 0. The third-order valence-electron chi connectivity index (χ3n) is 4.16. The fraction of sp³-hybridized carbons (Fsp3) is 0.389. The molecule has 25 heavy (non-hydrogen) atoms. The summed E-state index contributed by atoms with van der Waals surface area (Å²) in [5, 5.41) is 8.28. The van der Waals surface area contributed by atoms with E-state index < -0.39 is 0 Å². The molecule has 0 N–H and O–H groups in total. The van der Waals surface area contributed by atoms with Crippen molar-refractivity contribution < 1.29 is 14.3 Å². The number of rotatable bonds is 5. The summed E-state index contributed by atoms with van der Waals surface area (Å²) in [4.78, 5) is 16.3. The van der Waals surface area contributed by atoms with Crippen molar-refractivity contribution in [1.82, 2.24) is 15.1 Å². The van der Waals surface area contributed by atoms with Gasteiger partial charge in [-0.15, -0.1) is 5.10 Å². The molecule has 2 aromatic rings. The summed E-state index contributed by atoms with van der Waals surface area (Å²) in [5.74, 6) is 2.26. The Morgan fingerprint density at radius 3 is 2.28 bits per heavy atom. The highest BCUT2D eigenvalue weighted by Gasteiger charge is 2.22. The number of amides is 1. The zero-order valence-electron chi connectivity index (χ0n) is 14.5. The smallest absolute Gasteiger partial charge is 0.260 e. The van der Waals surface area contributed by atoms with Gasteiger partial charge in [-0.1, -0.05) is 0 Å². The van der Waals surface area contributed by atoms with E-state index in [4.69, 9.17) is 9.47 Å². The van der Waals surface area contributed by atoms with Crippen LogP contribution in [-0.2, 0) is 4.79 Å². The molecule has 7 nitrogen and oxygen atoms in total. The Balaban J connectivity index is 1.47. The van der Waals surface area contributed by atoms with Crippen LogP contribution in [0.3, 0.4) is 0 Å². The van der Waals surface area contributed by atoms with Crippen molar-refractivity contribution >= 4 is 11.7 Å². The van der Waals surface area contributed by atoms with E-state index in [1.54, 1.807) is 31.4 Å². The predicted molar refractivity (Wildman–Crippen MR) is 94.1 cm³/mol. The second-order valence-corrected chi connectivity index (χ2v) is 5.86. The topological polar surface area (TPSA) is 67.8 Å². The van der Waals surface area contributed by atoms with Gasteiger partial charge < -0.3 is 19.3 Å². The van der Waals surface area contributed by atoms with Gasteiger partial charge in [0.1, 0.15) is 11.5 Å². The fourth-order valence-electron chi connectivity index (χ4n) is 2.65. The molecule has 0 unspecified atom stereocenters. The van der Waals surface area contributed by atoms with Crippen molar-refractivity contribution in [2.45, 2.75) is 6.92 Å². The van der Waals surface area contributed by atoms with Gasteiger partial charge >= 0.3 is 0 Å². The van der Waals surface area contributed by atoms with Gasteiger partial charge in [-0.2, -0.15) is 5.10 Å². The second kappa shape index (κ2) is 7.83. The molecule has 1 aliphatic heterocycles. The van der Waals surface area contributed by atoms with Gasteiger partial charge in [-0.25, -0.2) is 0 Å². The molecular formula is C18H22N4O3. The number of anilines is 1. The SMILES string of the molecule is COc1ccc(OCC(=O)N2CCN(c3ccc(C)nn3)CC2)cc1. The first-order valence-electron chi connectivity index (χ1n) is 8.25. The number of hydrogen-bond acceptors (Lipinski definition) is 6. The van der Waals surface area contributed by atoms with Gasteiger partial charge in [0, 0.05) is 26.2 Å². The molecule has 2 heterocycles. The number of aryl methyl sites for hydroxylation is 1. The number of carbonyl (C=O) groups excluding carboxylic acids is 1. The normalized spacial score (nSPS) is 14.3. The maximum Gasteiger partial charge on any atom is 0.260 e. The van der Waals surface area contributed by atoms with E-state index in [0.29, 0.717) is 18.8 Å².